The van der Waals surface area contributed by atoms with Crippen molar-refractivity contribution in [1.82, 2.24) is 9.97 Å². The Kier molecular flexibility index (Phi) is 4.99. The first kappa shape index (κ1) is 19.8. The lowest BCUT2D eigenvalue weighted by Gasteiger charge is -2.13. The predicted molar refractivity (Wildman–Crippen MR) is 120 cm³/mol. The standard InChI is InChI=1S/C22H16BrN3O4S/c23-14-5-8-16(9-6-14)31(27,28)12-19-22(26-18-4-2-1-3-17(18)25-19)24-15-7-10-20-21(11-15)30-13-29-20/h1-11H,12-13H2,(H,24,26). The number of halogens is 1. The fraction of sp³-hybridized carbons (Fsp3) is 0.0909. The summed E-state index contributed by atoms with van der Waals surface area (Å²) in [6.45, 7) is 0.172. The van der Waals surface area contributed by atoms with E-state index in [1.165, 1.54) is 0 Å². The Bertz CT molecular complexity index is 1390. The maximum Gasteiger partial charge on any atom is 0.231 e. The van der Waals surface area contributed by atoms with Gasteiger partial charge in [-0.1, -0.05) is 28.1 Å². The number of nitrogens with zero attached hydrogens (tertiary/aromatic N) is 2. The molecule has 9 heteroatoms. The first-order chi connectivity index (χ1) is 15.0. The molecule has 0 fully saturated rings. The number of ether oxygens (including phenoxy) is 2. The minimum atomic E-state index is -3.63. The number of hydrogen-bond acceptors (Lipinski definition) is 7. The summed E-state index contributed by atoms with van der Waals surface area (Å²) >= 11 is 3.33. The lowest BCUT2D eigenvalue weighted by atomic mass is 10.2. The van der Waals surface area contributed by atoms with E-state index in [9.17, 15) is 8.42 Å². The maximum atomic E-state index is 13.1. The third-order valence-electron chi connectivity index (χ3n) is 4.78. The van der Waals surface area contributed by atoms with E-state index in [0.29, 0.717) is 39.7 Å². The maximum absolute atomic E-state index is 13.1. The quantitative estimate of drug-likeness (QED) is 0.421. The second-order valence-corrected chi connectivity index (χ2v) is 9.82. The van der Waals surface area contributed by atoms with Gasteiger partial charge in [0.15, 0.2) is 27.2 Å². The molecule has 156 valence electrons. The Morgan fingerprint density at radius 3 is 2.39 bits per heavy atom. The molecule has 0 aliphatic carbocycles. The van der Waals surface area contributed by atoms with Crippen LogP contribution in [0, 0.1) is 0 Å². The van der Waals surface area contributed by atoms with Crippen LogP contribution in [0.3, 0.4) is 0 Å². The molecule has 1 aromatic heterocycles. The summed E-state index contributed by atoms with van der Waals surface area (Å²) in [5.41, 5.74) is 2.31. The number of nitrogens with one attached hydrogen (secondary N) is 1. The van der Waals surface area contributed by atoms with Crippen LogP contribution in [0.5, 0.6) is 11.5 Å². The summed E-state index contributed by atoms with van der Waals surface area (Å²) in [7, 11) is -3.63. The van der Waals surface area contributed by atoms with Gasteiger partial charge < -0.3 is 14.8 Å². The van der Waals surface area contributed by atoms with Crippen molar-refractivity contribution < 1.29 is 17.9 Å². The lowest BCUT2D eigenvalue weighted by Crippen LogP contribution is -2.10. The average Bonchev–Trinajstić information content (AvgIpc) is 3.22. The van der Waals surface area contributed by atoms with Crippen LogP contribution in [-0.2, 0) is 15.6 Å². The van der Waals surface area contributed by atoms with E-state index in [1.807, 2.05) is 30.3 Å². The van der Waals surface area contributed by atoms with Crippen molar-refractivity contribution in [2.75, 3.05) is 12.1 Å². The predicted octanol–water partition coefficient (Wildman–Crippen LogP) is 4.84. The van der Waals surface area contributed by atoms with Crippen LogP contribution < -0.4 is 14.8 Å². The van der Waals surface area contributed by atoms with Gasteiger partial charge in [-0.25, -0.2) is 18.4 Å². The molecule has 0 atom stereocenters. The largest absolute Gasteiger partial charge is 0.454 e. The van der Waals surface area contributed by atoms with Gasteiger partial charge in [0.05, 0.1) is 21.6 Å². The topological polar surface area (TPSA) is 90.4 Å². The third-order valence-corrected chi connectivity index (χ3v) is 6.95. The van der Waals surface area contributed by atoms with Gasteiger partial charge in [-0.2, -0.15) is 0 Å². The SMILES string of the molecule is O=S(=O)(Cc1nc2ccccc2nc1Nc1ccc2c(c1)OCO2)c1ccc(Br)cc1. The normalized spacial score (nSPS) is 12.8. The summed E-state index contributed by atoms with van der Waals surface area (Å²) < 4.78 is 37.7. The smallest absolute Gasteiger partial charge is 0.231 e. The van der Waals surface area contributed by atoms with Gasteiger partial charge in [-0.05, 0) is 48.5 Å². The van der Waals surface area contributed by atoms with Gasteiger partial charge in [-0.3, -0.25) is 0 Å². The van der Waals surface area contributed by atoms with E-state index >= 15 is 0 Å². The number of fused-ring (bicyclic) bond motifs is 2. The molecular formula is C22H16BrN3O4S. The molecule has 0 saturated carbocycles. The van der Waals surface area contributed by atoms with Crippen LogP contribution in [-0.4, -0.2) is 25.2 Å². The first-order valence-electron chi connectivity index (χ1n) is 9.39. The molecule has 1 N–H and O–H groups in total. The highest BCUT2D eigenvalue weighted by atomic mass is 79.9. The minimum Gasteiger partial charge on any atom is -0.454 e. The number of aromatic nitrogens is 2. The van der Waals surface area contributed by atoms with Crippen LogP contribution in [0.4, 0.5) is 11.5 Å². The molecule has 1 aliphatic rings. The van der Waals surface area contributed by atoms with Crippen molar-refractivity contribution in [1.29, 1.82) is 0 Å². The van der Waals surface area contributed by atoms with E-state index in [1.54, 1.807) is 36.4 Å². The van der Waals surface area contributed by atoms with Gasteiger partial charge >= 0.3 is 0 Å². The van der Waals surface area contributed by atoms with Crippen LogP contribution in [0.25, 0.3) is 11.0 Å². The summed E-state index contributed by atoms with van der Waals surface area (Å²) in [4.78, 5) is 9.46. The van der Waals surface area contributed by atoms with E-state index in [-0.39, 0.29) is 17.4 Å². The molecular weight excluding hydrogens is 482 g/mol. The second-order valence-electron chi connectivity index (χ2n) is 6.91. The molecule has 5 rings (SSSR count). The lowest BCUT2D eigenvalue weighted by molar-refractivity contribution is 0.174. The summed E-state index contributed by atoms with van der Waals surface area (Å²) in [6, 6.07) is 19.3. The highest BCUT2D eigenvalue weighted by Crippen LogP contribution is 2.35. The van der Waals surface area contributed by atoms with Gasteiger partial charge in [0, 0.05) is 16.2 Å². The Morgan fingerprint density at radius 1 is 0.903 bits per heavy atom. The zero-order chi connectivity index (χ0) is 21.4. The zero-order valence-electron chi connectivity index (χ0n) is 16.1. The second kappa shape index (κ2) is 7.82. The number of sulfone groups is 1. The molecule has 1 aliphatic heterocycles. The summed E-state index contributed by atoms with van der Waals surface area (Å²) in [5, 5.41) is 3.20. The number of para-hydroxylation sites is 2. The van der Waals surface area contributed by atoms with E-state index in [0.717, 1.165) is 4.47 Å². The molecule has 0 radical (unpaired) electrons. The number of hydrogen-bond donors (Lipinski definition) is 1. The van der Waals surface area contributed by atoms with Gasteiger partial charge in [0.1, 0.15) is 5.75 Å². The van der Waals surface area contributed by atoms with Crippen LogP contribution in [0.15, 0.2) is 76.1 Å². The highest BCUT2D eigenvalue weighted by Gasteiger charge is 2.21. The molecule has 0 spiro atoms. The highest BCUT2D eigenvalue weighted by molar-refractivity contribution is 9.10. The number of benzene rings is 3. The molecule has 0 saturated heterocycles. The van der Waals surface area contributed by atoms with Gasteiger partial charge in [0.25, 0.3) is 0 Å². The minimum absolute atomic E-state index is 0.172. The fourth-order valence-electron chi connectivity index (χ4n) is 3.25. The molecule has 0 unspecified atom stereocenters. The first-order valence-corrected chi connectivity index (χ1v) is 11.8. The van der Waals surface area contributed by atoms with Gasteiger partial charge in [0.2, 0.25) is 6.79 Å². The Labute approximate surface area is 187 Å². The van der Waals surface area contributed by atoms with Crippen molar-refractivity contribution in [3.05, 3.63) is 76.9 Å². The van der Waals surface area contributed by atoms with Crippen molar-refractivity contribution in [3.8, 4) is 11.5 Å². The molecule has 2 heterocycles. The third kappa shape index (κ3) is 4.06. The summed E-state index contributed by atoms with van der Waals surface area (Å²) in [6.07, 6.45) is 0. The van der Waals surface area contributed by atoms with Gasteiger partial charge in [-0.15, -0.1) is 0 Å². The van der Waals surface area contributed by atoms with Crippen molar-refractivity contribution >= 4 is 48.3 Å². The Balaban J connectivity index is 1.55. The fourth-order valence-corrected chi connectivity index (χ4v) is 4.80. The molecule has 0 amide bonds. The van der Waals surface area contributed by atoms with Crippen LogP contribution >= 0.6 is 15.9 Å². The van der Waals surface area contributed by atoms with Crippen molar-refractivity contribution in [2.24, 2.45) is 0 Å². The number of rotatable bonds is 5. The average molecular weight is 498 g/mol. The Hall–Kier alpha value is -3.17. The number of anilines is 2. The van der Waals surface area contributed by atoms with E-state index in [2.05, 4.69) is 31.2 Å². The molecule has 31 heavy (non-hydrogen) atoms. The molecule has 3 aromatic carbocycles. The van der Waals surface area contributed by atoms with Crippen LogP contribution in [0.1, 0.15) is 5.69 Å². The summed E-state index contributed by atoms with van der Waals surface area (Å²) in [5.74, 6) is 1.36. The van der Waals surface area contributed by atoms with Crippen molar-refractivity contribution in [2.45, 2.75) is 10.6 Å². The van der Waals surface area contributed by atoms with E-state index in [4.69, 9.17) is 9.47 Å². The molecule has 4 aromatic rings. The van der Waals surface area contributed by atoms with Crippen LogP contribution in [0.2, 0.25) is 0 Å². The zero-order valence-corrected chi connectivity index (χ0v) is 18.5. The van der Waals surface area contributed by atoms with Crippen molar-refractivity contribution in [3.63, 3.8) is 0 Å². The van der Waals surface area contributed by atoms with E-state index < -0.39 is 9.84 Å². The monoisotopic (exact) mass is 497 g/mol. The molecule has 0 bridgehead atoms. The Morgan fingerprint density at radius 2 is 1.61 bits per heavy atom. The molecule has 7 nitrogen and oxygen atoms in total.